The number of nitrogens with one attached hydrogen (secondary N) is 2. The molecule has 1 aliphatic rings. The van der Waals surface area contributed by atoms with Gasteiger partial charge >= 0.3 is 5.97 Å². The smallest absolute Gasteiger partial charge is 0.326 e. The lowest BCUT2D eigenvalue weighted by atomic mass is 9.92. The van der Waals surface area contributed by atoms with Gasteiger partial charge in [-0.1, -0.05) is 54.6 Å². The third kappa shape index (κ3) is 10.4. The second-order valence-electron chi connectivity index (χ2n) is 12.5. The number of carbonyl (C=O) groups excluding carboxylic acids is 4. The fraction of sp³-hybridized carbons (Fsp3) is 0.256. The number of benzene rings is 4. The van der Waals surface area contributed by atoms with Crippen LogP contribution in [0.15, 0.2) is 103 Å². The van der Waals surface area contributed by atoms with E-state index in [1.165, 1.54) is 65.2 Å². The Hall–Kier alpha value is -5.80. The van der Waals surface area contributed by atoms with Crippen molar-refractivity contribution in [2.45, 2.75) is 48.7 Å². The molecule has 1 aliphatic heterocycles. The maximum atomic E-state index is 13.7. The Bertz CT molecular complexity index is 1940. The first-order valence-corrected chi connectivity index (χ1v) is 18.0. The highest BCUT2D eigenvalue weighted by Gasteiger charge is 2.49. The van der Waals surface area contributed by atoms with Crippen LogP contribution < -0.4 is 26.0 Å². The van der Waals surface area contributed by atoms with E-state index in [4.69, 9.17) is 10.5 Å². The van der Waals surface area contributed by atoms with Gasteiger partial charge in [0.15, 0.2) is 6.61 Å². The van der Waals surface area contributed by atoms with Crippen LogP contribution in [0.5, 0.6) is 5.75 Å². The van der Waals surface area contributed by atoms with Crippen molar-refractivity contribution < 1.29 is 47.7 Å². The van der Waals surface area contributed by atoms with Crippen LogP contribution in [0.1, 0.15) is 41.7 Å². The number of halogens is 2. The summed E-state index contributed by atoms with van der Waals surface area (Å²) < 4.78 is 32.7. The van der Waals surface area contributed by atoms with Gasteiger partial charge in [0.1, 0.15) is 34.7 Å². The van der Waals surface area contributed by atoms with Crippen molar-refractivity contribution in [1.29, 1.82) is 0 Å². The van der Waals surface area contributed by atoms with Crippen molar-refractivity contribution in [3.05, 3.63) is 131 Å². The zero-order valence-electron chi connectivity index (χ0n) is 28.8. The highest BCUT2D eigenvalue weighted by molar-refractivity contribution is 8.00. The first kappa shape index (κ1) is 39.4. The zero-order valence-corrected chi connectivity index (χ0v) is 29.6. The van der Waals surface area contributed by atoms with Crippen LogP contribution in [-0.2, 0) is 30.4 Å². The van der Waals surface area contributed by atoms with Gasteiger partial charge in [-0.25, -0.2) is 13.6 Å². The highest BCUT2D eigenvalue weighted by Crippen LogP contribution is 2.46. The molecule has 5 rings (SSSR count). The maximum Gasteiger partial charge on any atom is 0.326 e. The van der Waals surface area contributed by atoms with Crippen LogP contribution in [-0.4, -0.2) is 69.5 Å². The van der Waals surface area contributed by atoms with E-state index in [0.717, 1.165) is 0 Å². The molecule has 5 atom stereocenters. The number of aliphatic hydroxyl groups excluding tert-OH is 1. The molecule has 0 bridgehead atoms. The van der Waals surface area contributed by atoms with E-state index in [1.807, 2.05) is 0 Å². The van der Waals surface area contributed by atoms with E-state index in [2.05, 4.69) is 10.6 Å². The summed E-state index contributed by atoms with van der Waals surface area (Å²) in [5, 5.41) is 24.7. The Labute approximate surface area is 313 Å². The fourth-order valence-electron chi connectivity index (χ4n) is 5.84. The predicted molar refractivity (Wildman–Crippen MR) is 196 cm³/mol. The summed E-state index contributed by atoms with van der Waals surface area (Å²) in [5.41, 5.74) is 7.60. The Balaban J connectivity index is 1.22. The third-order valence-corrected chi connectivity index (χ3v) is 9.99. The quantitative estimate of drug-likeness (QED) is 0.0940. The average Bonchev–Trinajstić information content (AvgIpc) is 3.15. The van der Waals surface area contributed by atoms with Crippen LogP contribution in [0.25, 0.3) is 0 Å². The van der Waals surface area contributed by atoms with Crippen molar-refractivity contribution in [2.75, 3.05) is 17.3 Å². The second kappa shape index (κ2) is 18.3. The average molecular weight is 761 g/mol. The van der Waals surface area contributed by atoms with E-state index < -0.39 is 71.4 Å². The summed E-state index contributed by atoms with van der Waals surface area (Å²) in [6, 6.07) is 23.1. The molecule has 54 heavy (non-hydrogen) atoms. The summed E-state index contributed by atoms with van der Waals surface area (Å²) >= 11 is 1.23. The van der Waals surface area contributed by atoms with Gasteiger partial charge in [0.05, 0.1) is 12.1 Å². The van der Waals surface area contributed by atoms with Crippen molar-refractivity contribution in [3.63, 3.8) is 0 Å². The van der Waals surface area contributed by atoms with Gasteiger partial charge in [-0.3, -0.25) is 19.2 Å². The van der Waals surface area contributed by atoms with Crippen LogP contribution in [0.4, 0.5) is 14.5 Å². The zero-order chi connectivity index (χ0) is 38.8. The molecule has 0 saturated carbocycles. The molecule has 12 nitrogen and oxygen atoms in total. The molecule has 6 N–H and O–H groups in total. The number of aliphatic hydroxyl groups is 1. The highest BCUT2D eigenvalue weighted by atomic mass is 32.2. The summed E-state index contributed by atoms with van der Waals surface area (Å²) in [6.45, 7) is -0.532. The Kier molecular flexibility index (Phi) is 13.4. The number of primary amides is 1. The number of thioether (sulfide) groups is 1. The monoisotopic (exact) mass is 760 g/mol. The lowest BCUT2D eigenvalue weighted by Gasteiger charge is -2.47. The van der Waals surface area contributed by atoms with Crippen LogP contribution in [0.2, 0.25) is 0 Å². The fourth-order valence-corrected chi connectivity index (χ4v) is 7.14. The number of β-lactam (4-membered cyclic amide) rings is 1. The van der Waals surface area contributed by atoms with Crippen molar-refractivity contribution in [1.82, 2.24) is 10.6 Å². The summed E-state index contributed by atoms with van der Waals surface area (Å²) in [4.78, 5) is 64.3. The number of nitrogens with zero attached hydrogens (tertiary/aromatic N) is 1. The van der Waals surface area contributed by atoms with Gasteiger partial charge in [0, 0.05) is 24.3 Å². The third-order valence-electron chi connectivity index (χ3n) is 8.66. The van der Waals surface area contributed by atoms with E-state index >= 15 is 0 Å². The standard InChI is InChI=1S/C39H38F2N4O8S/c40-26-10-6-24(7-11-26)32(46)22-54-36-35(45(38(36)50)28-14-12-27(41)13-15-28)25-8-16-29(17-9-25)53-21-34(48)43-30(18-19-33(42)47)37(49)44-31(39(51)52)20-23-4-2-1-3-5-23/h1-17,30-32,35-36,46H,18-22H2,(H2,42,47)(H,43,48)(H,44,49)(H,51,52)/t30-,31+,32?,35+,36+/m0/s1. The number of nitrogens with two attached hydrogens (primary N) is 1. The minimum absolute atomic E-state index is 0.00837. The number of hydrogen-bond acceptors (Lipinski definition) is 8. The lowest BCUT2D eigenvalue weighted by Crippen LogP contribution is -2.57. The molecule has 0 spiro atoms. The van der Waals surface area contributed by atoms with Crippen LogP contribution in [0.3, 0.4) is 0 Å². The summed E-state index contributed by atoms with van der Waals surface area (Å²) in [5.74, 6) is -4.25. The molecular weight excluding hydrogens is 723 g/mol. The molecule has 1 saturated heterocycles. The van der Waals surface area contributed by atoms with E-state index in [0.29, 0.717) is 22.4 Å². The maximum absolute atomic E-state index is 13.7. The largest absolute Gasteiger partial charge is 0.484 e. The Morgan fingerprint density at radius 1 is 0.852 bits per heavy atom. The number of carboxylic acids is 1. The molecule has 1 heterocycles. The molecule has 15 heteroatoms. The number of anilines is 1. The molecule has 0 aliphatic carbocycles. The molecular formula is C39H38F2N4O8S. The number of aliphatic carboxylic acids is 1. The number of hydrogen-bond donors (Lipinski definition) is 5. The second-order valence-corrected chi connectivity index (χ2v) is 13.7. The van der Waals surface area contributed by atoms with Gasteiger partial charge in [0.25, 0.3) is 5.91 Å². The number of carboxylic acid groups (broad SMARTS) is 1. The molecule has 4 aromatic rings. The molecule has 0 aromatic heterocycles. The lowest BCUT2D eigenvalue weighted by molar-refractivity contribution is -0.142. The van der Waals surface area contributed by atoms with Gasteiger partial charge in [-0.2, -0.15) is 0 Å². The number of rotatable bonds is 18. The van der Waals surface area contributed by atoms with Gasteiger partial charge in [0.2, 0.25) is 17.7 Å². The van der Waals surface area contributed by atoms with Gasteiger partial charge in [-0.05, 0) is 71.6 Å². The number of amides is 4. The van der Waals surface area contributed by atoms with E-state index in [1.54, 1.807) is 54.6 Å². The van der Waals surface area contributed by atoms with Crippen LogP contribution >= 0.6 is 11.8 Å². The topological polar surface area (TPSA) is 188 Å². The number of carbonyl (C=O) groups is 5. The van der Waals surface area contributed by atoms with Gasteiger partial charge in [-0.15, -0.1) is 11.8 Å². The predicted octanol–water partition coefficient (Wildman–Crippen LogP) is 3.83. The summed E-state index contributed by atoms with van der Waals surface area (Å²) in [6.07, 6.45) is -1.39. The normalized spacial score (nSPS) is 16.7. The summed E-state index contributed by atoms with van der Waals surface area (Å²) in [7, 11) is 0. The van der Waals surface area contributed by atoms with E-state index in [-0.39, 0.29) is 36.7 Å². The van der Waals surface area contributed by atoms with E-state index in [9.17, 15) is 43.0 Å². The molecule has 1 fully saturated rings. The first-order valence-electron chi connectivity index (χ1n) is 16.9. The minimum atomic E-state index is -1.30. The Morgan fingerprint density at radius 2 is 1.48 bits per heavy atom. The van der Waals surface area contributed by atoms with Crippen molar-refractivity contribution >= 4 is 47.0 Å². The van der Waals surface area contributed by atoms with Crippen molar-refractivity contribution in [2.24, 2.45) is 5.73 Å². The number of ether oxygens (including phenoxy) is 1. The SMILES string of the molecule is NC(=O)CC[C@H](NC(=O)COc1ccc([C@@H]2[C@@H](SCC(O)c3ccc(F)cc3)C(=O)N2c2ccc(F)cc2)cc1)C(=O)N[C@H](Cc1ccccc1)C(=O)O. The van der Waals surface area contributed by atoms with Crippen molar-refractivity contribution in [3.8, 4) is 5.75 Å². The molecule has 4 aromatic carbocycles. The molecule has 4 amide bonds. The minimum Gasteiger partial charge on any atom is -0.484 e. The molecule has 0 radical (unpaired) electrons. The van der Waals surface area contributed by atoms with Crippen LogP contribution in [0, 0.1) is 11.6 Å². The molecule has 1 unspecified atom stereocenters. The first-order chi connectivity index (χ1) is 25.9. The molecule has 282 valence electrons. The Morgan fingerprint density at radius 3 is 2.09 bits per heavy atom. The van der Waals surface area contributed by atoms with Gasteiger partial charge < -0.3 is 36.2 Å².